The molecule has 1 heterocycles. The van der Waals surface area contributed by atoms with Gasteiger partial charge in [0, 0.05) is 36.7 Å². The van der Waals surface area contributed by atoms with Crippen LogP contribution in [0.25, 0.3) is 11.1 Å². The zero-order valence-electron chi connectivity index (χ0n) is 21.3. The number of benzene rings is 4. The molecule has 0 saturated carbocycles. The molecule has 6 nitrogen and oxygen atoms in total. The minimum absolute atomic E-state index is 0.0722. The van der Waals surface area contributed by atoms with Gasteiger partial charge in [0.15, 0.2) is 5.78 Å². The highest BCUT2D eigenvalue weighted by Gasteiger charge is 2.15. The summed E-state index contributed by atoms with van der Waals surface area (Å²) in [5, 5.41) is 9.83. The average Bonchev–Trinajstić information content (AvgIpc) is 3.29. The fourth-order valence-electron chi connectivity index (χ4n) is 4.41. The van der Waals surface area contributed by atoms with Crippen molar-refractivity contribution in [1.29, 1.82) is 0 Å². The number of carbonyl (C=O) groups excluding carboxylic acids is 2. The van der Waals surface area contributed by atoms with Gasteiger partial charge in [0.05, 0.1) is 4.88 Å². The second-order valence-corrected chi connectivity index (χ2v) is 10.4. The zero-order chi connectivity index (χ0) is 27.4. The normalized spacial score (nSPS) is 10.8. The highest BCUT2D eigenvalue weighted by atomic mass is 32.1. The maximum absolute atomic E-state index is 13.1. The second-order valence-electron chi connectivity index (χ2n) is 9.29. The van der Waals surface area contributed by atoms with Crippen molar-refractivity contribution in [2.45, 2.75) is 13.0 Å². The second kappa shape index (κ2) is 11.3. The van der Waals surface area contributed by atoms with Gasteiger partial charge in [-0.15, -0.1) is 0 Å². The van der Waals surface area contributed by atoms with E-state index in [0.29, 0.717) is 34.5 Å². The first-order valence-corrected chi connectivity index (χ1v) is 13.2. The lowest BCUT2D eigenvalue weighted by Gasteiger charge is -2.18. The van der Waals surface area contributed by atoms with Gasteiger partial charge < -0.3 is 10.0 Å². The molecule has 0 saturated heterocycles. The average molecular weight is 535 g/mol. The number of carbonyl (C=O) groups is 2. The van der Waals surface area contributed by atoms with Crippen LogP contribution in [0.1, 0.15) is 42.3 Å². The SMILES string of the molecule is CN(Cc1cccc(-c2ccc(Cc3sc(=O)[nH]c3O)cc2)c1)C(=O)c1ccc(C(=O)c2ccccc2)cc1. The lowest BCUT2D eigenvalue weighted by Crippen LogP contribution is -2.26. The fourth-order valence-corrected chi connectivity index (χ4v) is 5.17. The topological polar surface area (TPSA) is 90.5 Å². The van der Waals surface area contributed by atoms with Crippen molar-refractivity contribution < 1.29 is 14.7 Å². The van der Waals surface area contributed by atoms with Gasteiger partial charge in [0.2, 0.25) is 5.88 Å². The summed E-state index contributed by atoms with van der Waals surface area (Å²) in [6.07, 6.45) is 0.476. The Kier molecular flexibility index (Phi) is 7.52. The first kappa shape index (κ1) is 25.9. The number of aromatic amines is 1. The largest absolute Gasteiger partial charge is 0.494 e. The van der Waals surface area contributed by atoms with Crippen LogP contribution in [-0.4, -0.2) is 33.7 Å². The van der Waals surface area contributed by atoms with Gasteiger partial charge in [-0.05, 0) is 40.5 Å². The number of ketones is 1. The number of aromatic hydroxyl groups is 1. The summed E-state index contributed by atoms with van der Waals surface area (Å²) in [5.74, 6) is -0.275. The van der Waals surface area contributed by atoms with Crippen molar-refractivity contribution in [3.05, 3.63) is 145 Å². The third-order valence-electron chi connectivity index (χ3n) is 6.48. The maximum Gasteiger partial charge on any atom is 0.307 e. The van der Waals surface area contributed by atoms with E-state index in [2.05, 4.69) is 11.1 Å². The van der Waals surface area contributed by atoms with E-state index in [0.717, 1.165) is 33.6 Å². The molecule has 0 atom stereocenters. The van der Waals surface area contributed by atoms with Gasteiger partial charge in [-0.25, -0.2) is 0 Å². The quantitative estimate of drug-likeness (QED) is 0.243. The molecule has 7 heteroatoms. The van der Waals surface area contributed by atoms with Crippen molar-refractivity contribution in [2.75, 3.05) is 7.05 Å². The summed E-state index contributed by atoms with van der Waals surface area (Å²) >= 11 is 1.01. The van der Waals surface area contributed by atoms with E-state index in [1.165, 1.54) is 0 Å². The van der Waals surface area contributed by atoms with E-state index in [1.807, 2.05) is 60.7 Å². The van der Waals surface area contributed by atoms with Gasteiger partial charge >= 0.3 is 4.87 Å². The zero-order valence-corrected chi connectivity index (χ0v) is 22.1. The smallest absolute Gasteiger partial charge is 0.307 e. The summed E-state index contributed by atoms with van der Waals surface area (Å²) in [5.41, 5.74) is 5.71. The molecular formula is C32H26N2O4S. The molecule has 0 unspecified atom stereocenters. The molecule has 5 rings (SSSR count). The highest BCUT2D eigenvalue weighted by Crippen LogP contribution is 2.25. The highest BCUT2D eigenvalue weighted by molar-refractivity contribution is 7.09. The number of thiazole rings is 1. The molecule has 0 bridgehead atoms. The summed E-state index contributed by atoms with van der Waals surface area (Å²) in [6.45, 7) is 0.432. The molecule has 194 valence electrons. The Labute approximate surface area is 229 Å². The Balaban J connectivity index is 1.24. The van der Waals surface area contributed by atoms with Crippen LogP contribution in [0, 0.1) is 0 Å². The predicted octanol–water partition coefficient (Wildman–Crippen LogP) is 5.90. The molecule has 0 spiro atoms. The first-order chi connectivity index (χ1) is 18.9. The van der Waals surface area contributed by atoms with Gasteiger partial charge in [-0.3, -0.25) is 19.4 Å². The van der Waals surface area contributed by atoms with E-state index in [-0.39, 0.29) is 22.4 Å². The molecule has 1 aromatic heterocycles. The molecule has 39 heavy (non-hydrogen) atoms. The van der Waals surface area contributed by atoms with Crippen LogP contribution in [0.5, 0.6) is 5.88 Å². The lowest BCUT2D eigenvalue weighted by atomic mass is 10.0. The standard InChI is InChI=1S/C32H26N2O4S/c1-34(31(37)26-16-14-25(15-17-26)29(35)24-7-3-2-4-8-24)20-22-6-5-9-27(18-22)23-12-10-21(11-13-23)19-28-30(36)33-32(38)39-28/h2-18,36H,19-20H2,1H3,(H,33,38). The van der Waals surface area contributed by atoms with E-state index in [9.17, 15) is 19.5 Å². The monoisotopic (exact) mass is 534 g/mol. The summed E-state index contributed by atoms with van der Waals surface area (Å²) in [7, 11) is 1.76. The van der Waals surface area contributed by atoms with Crippen LogP contribution in [-0.2, 0) is 13.0 Å². The predicted molar refractivity (Wildman–Crippen MR) is 153 cm³/mol. The molecule has 2 N–H and O–H groups in total. The van der Waals surface area contributed by atoms with Crippen LogP contribution in [0.15, 0.2) is 108 Å². The van der Waals surface area contributed by atoms with Gasteiger partial charge in [0.1, 0.15) is 0 Å². The lowest BCUT2D eigenvalue weighted by molar-refractivity contribution is 0.0784. The first-order valence-electron chi connectivity index (χ1n) is 12.4. The Morgan fingerprint density at radius 1 is 0.769 bits per heavy atom. The third-order valence-corrected chi connectivity index (χ3v) is 7.35. The van der Waals surface area contributed by atoms with Crippen molar-refractivity contribution in [2.24, 2.45) is 0 Å². The summed E-state index contributed by atoms with van der Waals surface area (Å²) < 4.78 is 0. The molecule has 0 aliphatic rings. The minimum Gasteiger partial charge on any atom is -0.494 e. The molecule has 0 radical (unpaired) electrons. The Hall–Kier alpha value is -4.75. The van der Waals surface area contributed by atoms with Crippen molar-refractivity contribution in [1.82, 2.24) is 9.88 Å². The molecule has 0 fully saturated rings. The van der Waals surface area contributed by atoms with E-state index in [4.69, 9.17) is 0 Å². The number of nitrogens with zero attached hydrogens (tertiary/aromatic N) is 1. The molecule has 1 amide bonds. The van der Waals surface area contributed by atoms with Crippen molar-refractivity contribution in [3.8, 4) is 17.0 Å². The number of hydrogen-bond donors (Lipinski definition) is 2. The van der Waals surface area contributed by atoms with E-state index < -0.39 is 0 Å². The van der Waals surface area contributed by atoms with Crippen LogP contribution >= 0.6 is 11.3 Å². The number of rotatable bonds is 8. The Morgan fingerprint density at radius 3 is 2.10 bits per heavy atom. The van der Waals surface area contributed by atoms with Crippen molar-refractivity contribution in [3.63, 3.8) is 0 Å². The van der Waals surface area contributed by atoms with Gasteiger partial charge in [0.25, 0.3) is 5.91 Å². The number of H-pyrrole nitrogens is 1. The summed E-state index contributed by atoms with van der Waals surface area (Å²) in [4.78, 5) is 41.5. The van der Waals surface area contributed by atoms with Crippen LogP contribution in [0.3, 0.4) is 0 Å². The number of nitrogens with one attached hydrogen (secondary N) is 1. The maximum atomic E-state index is 13.1. The van der Waals surface area contributed by atoms with Gasteiger partial charge in [-0.1, -0.05) is 96.3 Å². The molecule has 5 aromatic rings. The third kappa shape index (κ3) is 6.05. The molecular weight excluding hydrogens is 508 g/mol. The van der Waals surface area contributed by atoms with Gasteiger partial charge in [-0.2, -0.15) is 0 Å². The summed E-state index contributed by atoms with van der Waals surface area (Å²) in [6, 6.07) is 31.9. The number of aromatic nitrogens is 1. The van der Waals surface area contributed by atoms with Crippen molar-refractivity contribution >= 4 is 23.0 Å². The minimum atomic E-state index is -0.269. The van der Waals surface area contributed by atoms with E-state index in [1.54, 1.807) is 48.3 Å². The fraction of sp³-hybridized carbons (Fsp3) is 0.0938. The van der Waals surface area contributed by atoms with Crippen LogP contribution in [0.4, 0.5) is 0 Å². The van der Waals surface area contributed by atoms with E-state index >= 15 is 0 Å². The van der Waals surface area contributed by atoms with Crippen LogP contribution < -0.4 is 4.87 Å². The van der Waals surface area contributed by atoms with Crippen LogP contribution in [0.2, 0.25) is 0 Å². The molecule has 0 aliphatic heterocycles. The molecule has 0 aliphatic carbocycles. The number of hydrogen-bond acceptors (Lipinski definition) is 5. The molecule has 4 aromatic carbocycles. The Morgan fingerprint density at radius 2 is 1.44 bits per heavy atom. The Bertz CT molecular complexity index is 1670. The number of amides is 1.